The van der Waals surface area contributed by atoms with Crippen molar-refractivity contribution in [2.24, 2.45) is 0 Å². The highest BCUT2D eigenvalue weighted by atomic mass is 19.2. The summed E-state index contributed by atoms with van der Waals surface area (Å²) in [4.78, 5) is 12.0. The maximum Gasteiger partial charge on any atom is 0.195 e. The zero-order valence-corrected chi connectivity index (χ0v) is 8.78. The van der Waals surface area contributed by atoms with Gasteiger partial charge in [-0.1, -0.05) is 30.3 Å². The van der Waals surface area contributed by atoms with Crippen molar-refractivity contribution in [3.05, 3.63) is 65.2 Å². The van der Waals surface area contributed by atoms with Crippen LogP contribution in [0, 0.1) is 11.6 Å². The highest BCUT2D eigenvalue weighted by Gasteiger charge is 2.15. The fourth-order valence-electron chi connectivity index (χ4n) is 1.50. The Morgan fingerprint density at radius 3 is 2.24 bits per heavy atom. The number of carbonyl (C=O) groups excluding carboxylic acids is 1. The molecule has 0 bridgehead atoms. The predicted molar refractivity (Wildman–Crippen MR) is 60.6 cm³/mol. The average Bonchev–Trinajstić information content (AvgIpc) is 2.34. The molecular weight excluding hydrogens is 224 g/mol. The SMILES string of the molecule is Nc1cc(F)c(F)cc1C(=O)c1ccccc1. The Labute approximate surface area is 96.7 Å². The zero-order chi connectivity index (χ0) is 12.4. The molecule has 0 radical (unpaired) electrons. The van der Waals surface area contributed by atoms with Crippen molar-refractivity contribution in [2.75, 3.05) is 5.73 Å². The number of benzene rings is 2. The van der Waals surface area contributed by atoms with E-state index in [4.69, 9.17) is 5.73 Å². The lowest BCUT2D eigenvalue weighted by molar-refractivity contribution is 0.103. The van der Waals surface area contributed by atoms with Crippen molar-refractivity contribution in [2.45, 2.75) is 0 Å². The van der Waals surface area contributed by atoms with Gasteiger partial charge in [0.25, 0.3) is 0 Å². The Morgan fingerprint density at radius 2 is 1.59 bits per heavy atom. The van der Waals surface area contributed by atoms with Gasteiger partial charge in [-0.15, -0.1) is 0 Å². The van der Waals surface area contributed by atoms with Crippen molar-refractivity contribution in [3.8, 4) is 0 Å². The summed E-state index contributed by atoms with van der Waals surface area (Å²) in [5.41, 5.74) is 5.78. The molecule has 0 saturated heterocycles. The van der Waals surface area contributed by atoms with E-state index in [1.165, 1.54) is 0 Å². The maximum atomic E-state index is 13.1. The summed E-state index contributed by atoms with van der Waals surface area (Å²) >= 11 is 0. The molecule has 2 nitrogen and oxygen atoms in total. The molecule has 2 rings (SSSR count). The van der Waals surface area contributed by atoms with Crippen molar-refractivity contribution in [1.29, 1.82) is 0 Å². The minimum atomic E-state index is -1.08. The van der Waals surface area contributed by atoms with Gasteiger partial charge in [0.2, 0.25) is 0 Å². The zero-order valence-electron chi connectivity index (χ0n) is 8.78. The molecule has 0 unspecified atom stereocenters. The van der Waals surface area contributed by atoms with Gasteiger partial charge in [0.1, 0.15) is 0 Å². The van der Waals surface area contributed by atoms with E-state index in [2.05, 4.69) is 0 Å². The molecule has 0 aliphatic heterocycles. The molecular formula is C13H9F2NO. The van der Waals surface area contributed by atoms with E-state index >= 15 is 0 Å². The van der Waals surface area contributed by atoms with E-state index in [1.807, 2.05) is 0 Å². The number of halogens is 2. The summed E-state index contributed by atoms with van der Waals surface area (Å²) in [7, 11) is 0. The number of nitrogens with two attached hydrogens (primary N) is 1. The minimum Gasteiger partial charge on any atom is -0.398 e. The number of rotatable bonds is 2. The highest BCUT2D eigenvalue weighted by Crippen LogP contribution is 2.20. The van der Waals surface area contributed by atoms with E-state index in [0.29, 0.717) is 5.56 Å². The van der Waals surface area contributed by atoms with Gasteiger partial charge in [-0.3, -0.25) is 4.79 Å². The third-order valence-electron chi connectivity index (χ3n) is 2.37. The van der Waals surface area contributed by atoms with E-state index in [-0.39, 0.29) is 11.3 Å². The molecule has 86 valence electrons. The standard InChI is InChI=1S/C13H9F2NO/c14-10-6-9(12(16)7-11(10)15)13(17)8-4-2-1-3-5-8/h1-7H,16H2. The number of hydrogen-bond acceptors (Lipinski definition) is 2. The molecule has 2 aromatic carbocycles. The Kier molecular flexibility index (Phi) is 2.87. The van der Waals surface area contributed by atoms with Gasteiger partial charge < -0.3 is 5.73 Å². The van der Waals surface area contributed by atoms with Crippen molar-refractivity contribution in [3.63, 3.8) is 0 Å². The lowest BCUT2D eigenvalue weighted by Gasteiger charge is -2.05. The Morgan fingerprint density at radius 1 is 1.00 bits per heavy atom. The molecule has 0 saturated carbocycles. The van der Waals surface area contributed by atoms with Crippen molar-refractivity contribution >= 4 is 11.5 Å². The van der Waals surface area contributed by atoms with Gasteiger partial charge in [0, 0.05) is 22.9 Å². The number of nitrogen functional groups attached to an aromatic ring is 1. The first-order valence-electron chi connectivity index (χ1n) is 4.94. The molecule has 0 amide bonds. The molecule has 0 atom stereocenters. The van der Waals surface area contributed by atoms with Gasteiger partial charge in [0.15, 0.2) is 17.4 Å². The lowest BCUT2D eigenvalue weighted by Crippen LogP contribution is -2.07. The van der Waals surface area contributed by atoms with Crippen LogP contribution >= 0.6 is 0 Å². The third kappa shape index (κ3) is 2.15. The quantitative estimate of drug-likeness (QED) is 0.640. The molecule has 0 aromatic heterocycles. The second-order valence-corrected chi connectivity index (χ2v) is 3.55. The van der Waals surface area contributed by atoms with Crippen LogP contribution in [-0.2, 0) is 0 Å². The fraction of sp³-hybridized carbons (Fsp3) is 0. The minimum absolute atomic E-state index is 0.0323. The summed E-state index contributed by atoms with van der Waals surface area (Å²) in [6, 6.07) is 9.93. The van der Waals surface area contributed by atoms with Crippen LogP contribution in [0.4, 0.5) is 14.5 Å². The van der Waals surface area contributed by atoms with Crippen LogP contribution in [0.3, 0.4) is 0 Å². The Balaban J connectivity index is 2.48. The molecule has 4 heteroatoms. The second kappa shape index (κ2) is 4.33. The van der Waals surface area contributed by atoms with Gasteiger partial charge in [-0.25, -0.2) is 8.78 Å². The lowest BCUT2D eigenvalue weighted by atomic mass is 10.0. The molecule has 0 aliphatic carbocycles. The summed E-state index contributed by atoms with van der Waals surface area (Å²) < 4.78 is 25.9. The molecule has 17 heavy (non-hydrogen) atoms. The largest absolute Gasteiger partial charge is 0.398 e. The van der Waals surface area contributed by atoms with E-state index < -0.39 is 17.4 Å². The normalized spacial score (nSPS) is 10.2. The van der Waals surface area contributed by atoms with Crippen LogP contribution in [0.15, 0.2) is 42.5 Å². The highest BCUT2D eigenvalue weighted by molar-refractivity contribution is 6.12. The van der Waals surface area contributed by atoms with Crippen molar-refractivity contribution in [1.82, 2.24) is 0 Å². The first-order valence-corrected chi connectivity index (χ1v) is 4.94. The van der Waals surface area contributed by atoms with Gasteiger partial charge in [0.05, 0.1) is 0 Å². The molecule has 0 aliphatic rings. The number of carbonyl (C=O) groups is 1. The average molecular weight is 233 g/mol. The fourth-order valence-corrected chi connectivity index (χ4v) is 1.50. The third-order valence-corrected chi connectivity index (χ3v) is 2.37. The van der Waals surface area contributed by atoms with Crippen LogP contribution in [0.1, 0.15) is 15.9 Å². The summed E-state index contributed by atoms with van der Waals surface area (Å²) in [5.74, 6) is -2.58. The van der Waals surface area contributed by atoms with Gasteiger partial charge in [-0.05, 0) is 6.07 Å². The second-order valence-electron chi connectivity index (χ2n) is 3.55. The van der Waals surface area contributed by atoms with E-state index in [1.54, 1.807) is 30.3 Å². The molecule has 0 fully saturated rings. The summed E-state index contributed by atoms with van der Waals surface area (Å²) in [6.07, 6.45) is 0. The number of anilines is 1. The Hall–Kier alpha value is -2.23. The summed E-state index contributed by atoms with van der Waals surface area (Å²) in [6.45, 7) is 0. The molecule has 0 heterocycles. The van der Waals surface area contributed by atoms with Crippen LogP contribution in [-0.4, -0.2) is 5.78 Å². The van der Waals surface area contributed by atoms with Crippen LogP contribution < -0.4 is 5.73 Å². The summed E-state index contributed by atoms with van der Waals surface area (Å²) in [5, 5.41) is 0. The monoisotopic (exact) mass is 233 g/mol. The van der Waals surface area contributed by atoms with Gasteiger partial charge in [-0.2, -0.15) is 0 Å². The molecule has 0 spiro atoms. The first kappa shape index (κ1) is 11.3. The van der Waals surface area contributed by atoms with Crippen LogP contribution in [0.5, 0.6) is 0 Å². The molecule has 2 aromatic rings. The predicted octanol–water partition coefficient (Wildman–Crippen LogP) is 2.78. The van der Waals surface area contributed by atoms with E-state index in [0.717, 1.165) is 12.1 Å². The van der Waals surface area contributed by atoms with Crippen LogP contribution in [0.2, 0.25) is 0 Å². The van der Waals surface area contributed by atoms with E-state index in [9.17, 15) is 13.6 Å². The number of hydrogen-bond donors (Lipinski definition) is 1. The smallest absolute Gasteiger partial charge is 0.195 e. The van der Waals surface area contributed by atoms with Crippen LogP contribution in [0.25, 0.3) is 0 Å². The maximum absolute atomic E-state index is 13.1. The van der Waals surface area contributed by atoms with Crippen molar-refractivity contribution < 1.29 is 13.6 Å². The first-order chi connectivity index (χ1) is 8.09. The molecule has 2 N–H and O–H groups in total. The van der Waals surface area contributed by atoms with Gasteiger partial charge >= 0.3 is 0 Å². The topological polar surface area (TPSA) is 43.1 Å². The number of ketones is 1. The Bertz CT molecular complexity index is 567.